The van der Waals surface area contributed by atoms with E-state index in [9.17, 15) is 9.59 Å². The third kappa shape index (κ3) is 6.36. The maximum atomic E-state index is 12.8. The maximum absolute atomic E-state index is 12.8. The fourth-order valence-corrected chi connectivity index (χ4v) is 6.00. The summed E-state index contributed by atoms with van der Waals surface area (Å²) in [6.07, 6.45) is 7.18. The van der Waals surface area contributed by atoms with Gasteiger partial charge in [0, 0.05) is 16.6 Å². The van der Waals surface area contributed by atoms with E-state index in [4.69, 9.17) is 17.0 Å². The highest BCUT2D eigenvalue weighted by Crippen LogP contribution is 2.40. The van der Waals surface area contributed by atoms with Crippen LogP contribution in [0.25, 0.3) is 0 Å². The lowest BCUT2D eigenvalue weighted by molar-refractivity contribution is 0.0505. The van der Waals surface area contributed by atoms with Crippen LogP contribution in [0.1, 0.15) is 63.4 Å². The third-order valence-corrected chi connectivity index (χ3v) is 7.55. The molecule has 1 unspecified atom stereocenters. The Balaban J connectivity index is 1.43. The Morgan fingerprint density at radius 1 is 1.31 bits per heavy atom. The molecule has 0 saturated carbocycles. The number of nitrogens with zero attached hydrogens (tertiary/aromatic N) is 2. The average Bonchev–Trinajstić information content (AvgIpc) is 3.39. The second kappa shape index (κ2) is 11.5. The van der Waals surface area contributed by atoms with E-state index >= 15 is 0 Å². The van der Waals surface area contributed by atoms with E-state index in [1.54, 1.807) is 18.3 Å². The molecule has 0 aliphatic heterocycles. The normalized spacial score (nSPS) is 14.8. The summed E-state index contributed by atoms with van der Waals surface area (Å²) >= 11 is 10.3. The Morgan fingerprint density at radius 2 is 2.09 bits per heavy atom. The van der Waals surface area contributed by atoms with E-state index in [0.29, 0.717) is 35.2 Å². The smallest absolute Gasteiger partial charge is 0.341 e. The van der Waals surface area contributed by atoms with Crippen LogP contribution in [0.15, 0.2) is 41.1 Å². The number of aromatic nitrogens is 2. The summed E-state index contributed by atoms with van der Waals surface area (Å²) in [7, 11) is 0. The van der Waals surface area contributed by atoms with Gasteiger partial charge in [-0.1, -0.05) is 26.0 Å². The lowest BCUT2D eigenvalue weighted by atomic mass is 9.88. The molecule has 0 bridgehead atoms. The first-order chi connectivity index (χ1) is 16.8. The van der Waals surface area contributed by atoms with Crippen molar-refractivity contribution in [1.29, 1.82) is 0 Å². The molecule has 1 atom stereocenters. The Hall–Kier alpha value is -2.56. The van der Waals surface area contributed by atoms with Gasteiger partial charge in [-0.3, -0.25) is 14.8 Å². The van der Waals surface area contributed by atoms with Crippen molar-refractivity contribution < 1.29 is 14.3 Å². The summed E-state index contributed by atoms with van der Waals surface area (Å²) in [6, 6.07) is 7.28. The number of hydrogen-bond donors (Lipinski definition) is 2. The molecule has 0 spiro atoms. The second-order valence-electron chi connectivity index (χ2n) is 8.65. The first-order valence-electron chi connectivity index (χ1n) is 11.5. The topological polar surface area (TPSA) is 85.3 Å². The molecule has 0 fully saturated rings. The van der Waals surface area contributed by atoms with Crippen molar-refractivity contribution in [3.8, 4) is 0 Å². The molecule has 2 heterocycles. The quantitative estimate of drug-likeness (QED) is 0.283. The molecule has 1 aliphatic carbocycles. The first-order valence-corrected chi connectivity index (χ1v) is 13.6. The van der Waals surface area contributed by atoms with Crippen LogP contribution in [-0.4, -0.2) is 33.4 Å². The number of carbonyl (C=O) groups excluding carboxylic acids is 2. The van der Waals surface area contributed by atoms with Crippen LogP contribution in [0.4, 0.5) is 5.00 Å². The lowest BCUT2D eigenvalue weighted by Gasteiger charge is -2.18. The predicted octanol–water partition coefficient (Wildman–Crippen LogP) is 5.57. The van der Waals surface area contributed by atoms with Gasteiger partial charge in [0.05, 0.1) is 29.4 Å². The molecule has 10 heteroatoms. The molecule has 0 radical (unpaired) electrons. The Morgan fingerprint density at radius 3 is 2.77 bits per heavy atom. The number of hydrogen-bond acceptors (Lipinski definition) is 6. The fourth-order valence-electron chi connectivity index (χ4n) is 4.00. The third-order valence-electron chi connectivity index (χ3n) is 5.77. The van der Waals surface area contributed by atoms with Gasteiger partial charge in [0.1, 0.15) is 5.00 Å². The number of carbonyl (C=O) groups is 2. The molecule has 4 rings (SSSR count). The van der Waals surface area contributed by atoms with Crippen molar-refractivity contribution in [2.75, 3.05) is 11.9 Å². The largest absolute Gasteiger partial charge is 0.462 e. The van der Waals surface area contributed by atoms with Crippen LogP contribution in [0.3, 0.4) is 0 Å². The Bertz CT molecular complexity index is 1240. The molecule has 0 saturated heterocycles. The van der Waals surface area contributed by atoms with Crippen LogP contribution >= 0.6 is 39.5 Å². The predicted molar refractivity (Wildman–Crippen MR) is 145 cm³/mol. The number of esters is 1. The highest BCUT2D eigenvalue weighted by atomic mass is 79.9. The standard InChI is InChI=1S/C25H27BrN4O3S2/c1-3-10-33-24(32)21-19-9-4-15(2)11-20(19)35-23(21)29-25(34)28-22(31)17-7-5-16(6-8-17)13-30-14-18(26)12-27-30/h5-8,12,14-15H,3-4,9-11,13H2,1-2H3,(H2,28,29,31,34). The van der Waals surface area contributed by atoms with Gasteiger partial charge in [0.2, 0.25) is 0 Å². The molecular weight excluding hydrogens is 548 g/mol. The van der Waals surface area contributed by atoms with Gasteiger partial charge in [0.15, 0.2) is 5.11 Å². The Labute approximate surface area is 222 Å². The van der Waals surface area contributed by atoms with Crippen molar-refractivity contribution in [1.82, 2.24) is 15.1 Å². The number of thiophene rings is 1. The minimum atomic E-state index is -0.338. The number of benzene rings is 1. The number of nitrogens with one attached hydrogen (secondary N) is 2. The van der Waals surface area contributed by atoms with E-state index in [-0.39, 0.29) is 17.0 Å². The minimum Gasteiger partial charge on any atom is -0.462 e. The zero-order valence-electron chi connectivity index (χ0n) is 19.6. The summed E-state index contributed by atoms with van der Waals surface area (Å²) in [4.78, 5) is 26.8. The monoisotopic (exact) mass is 574 g/mol. The molecule has 7 nitrogen and oxygen atoms in total. The summed E-state index contributed by atoms with van der Waals surface area (Å²) < 4.78 is 8.17. The van der Waals surface area contributed by atoms with Gasteiger partial charge >= 0.3 is 5.97 Å². The number of fused-ring (bicyclic) bond motifs is 1. The number of anilines is 1. The van der Waals surface area contributed by atoms with Crippen LogP contribution < -0.4 is 10.6 Å². The van der Waals surface area contributed by atoms with Gasteiger partial charge in [-0.2, -0.15) is 5.10 Å². The van der Waals surface area contributed by atoms with Gasteiger partial charge in [-0.15, -0.1) is 11.3 Å². The summed E-state index contributed by atoms with van der Waals surface area (Å²) in [5, 5.41) is 10.8. The van der Waals surface area contributed by atoms with E-state index in [1.807, 2.05) is 29.9 Å². The molecule has 1 aliphatic rings. The highest BCUT2D eigenvalue weighted by molar-refractivity contribution is 9.10. The second-order valence-corrected chi connectivity index (χ2v) is 11.1. The van der Waals surface area contributed by atoms with Gasteiger partial charge < -0.3 is 10.1 Å². The van der Waals surface area contributed by atoms with Crippen LogP contribution in [0.2, 0.25) is 0 Å². The fraction of sp³-hybridized carbons (Fsp3) is 0.360. The number of ether oxygens (including phenoxy) is 1. The maximum Gasteiger partial charge on any atom is 0.341 e. The van der Waals surface area contributed by atoms with E-state index in [0.717, 1.165) is 41.3 Å². The van der Waals surface area contributed by atoms with Gasteiger partial charge in [-0.05, 0) is 83.0 Å². The van der Waals surface area contributed by atoms with Crippen molar-refractivity contribution >= 4 is 61.5 Å². The Kier molecular flexibility index (Phi) is 8.35. The van der Waals surface area contributed by atoms with Crippen LogP contribution in [-0.2, 0) is 24.1 Å². The number of amides is 1. The number of rotatable bonds is 7. The summed E-state index contributed by atoms with van der Waals surface area (Å²) in [6.45, 7) is 5.15. The molecule has 2 N–H and O–H groups in total. The van der Waals surface area contributed by atoms with Crippen molar-refractivity contribution in [3.63, 3.8) is 0 Å². The van der Waals surface area contributed by atoms with E-state index < -0.39 is 0 Å². The molecule has 35 heavy (non-hydrogen) atoms. The van der Waals surface area contributed by atoms with Crippen molar-refractivity contribution in [2.45, 2.75) is 46.1 Å². The minimum absolute atomic E-state index is 0.150. The zero-order valence-corrected chi connectivity index (χ0v) is 22.8. The SMILES string of the molecule is CCCOC(=O)c1c(NC(=S)NC(=O)c2ccc(Cn3cc(Br)cn3)cc2)sc2c1CCC(C)C2. The molecule has 1 aromatic carbocycles. The van der Waals surface area contributed by atoms with Crippen LogP contribution in [0.5, 0.6) is 0 Å². The van der Waals surface area contributed by atoms with Crippen molar-refractivity contribution in [3.05, 3.63) is 68.3 Å². The number of thiocarbonyl (C=S) groups is 1. The lowest BCUT2D eigenvalue weighted by Crippen LogP contribution is -2.34. The molecular formula is C25H27BrN4O3S2. The molecule has 3 aromatic rings. The zero-order chi connectivity index (χ0) is 24.9. The molecule has 2 aromatic heterocycles. The van der Waals surface area contributed by atoms with Gasteiger partial charge in [0.25, 0.3) is 5.91 Å². The van der Waals surface area contributed by atoms with E-state index in [2.05, 4.69) is 38.6 Å². The van der Waals surface area contributed by atoms with Crippen molar-refractivity contribution in [2.24, 2.45) is 5.92 Å². The highest BCUT2D eigenvalue weighted by Gasteiger charge is 2.29. The van der Waals surface area contributed by atoms with E-state index in [1.165, 1.54) is 16.2 Å². The molecule has 1 amide bonds. The summed E-state index contributed by atoms with van der Waals surface area (Å²) in [5.74, 6) is -0.0887. The first kappa shape index (κ1) is 25.5. The van der Waals surface area contributed by atoms with Gasteiger partial charge in [-0.25, -0.2) is 4.79 Å². The summed E-state index contributed by atoms with van der Waals surface area (Å²) in [5.41, 5.74) is 3.11. The number of halogens is 1. The van der Waals surface area contributed by atoms with Crippen LogP contribution in [0, 0.1) is 5.92 Å². The average molecular weight is 576 g/mol. The molecule has 184 valence electrons.